The second-order valence-corrected chi connectivity index (χ2v) is 8.53. The van der Waals surface area contributed by atoms with E-state index < -0.39 is 18.2 Å². The molecule has 2 aromatic carbocycles. The standard InChI is InChI=1S/C25H31N3O4/c1-5-21(29)27-20-8-6-7-19(13-20)23-22(24(30)26-14-16(2)3)28(25(31)32-23)15-18-11-9-17(4)10-12-18/h6-13,16,22-23H,5,14-15H2,1-4H3,(H,26,30)(H,27,29)/t22-,23+/m0/s1. The average Bonchev–Trinajstić information content (AvgIpc) is 3.09. The van der Waals surface area contributed by atoms with Crippen LogP contribution in [0.2, 0.25) is 0 Å². The number of carbonyl (C=O) groups is 3. The normalized spacial score (nSPS) is 17.9. The first-order chi connectivity index (χ1) is 15.3. The summed E-state index contributed by atoms with van der Waals surface area (Å²) in [7, 11) is 0. The Labute approximate surface area is 189 Å². The summed E-state index contributed by atoms with van der Waals surface area (Å²) in [4.78, 5) is 39.3. The second-order valence-electron chi connectivity index (χ2n) is 8.53. The van der Waals surface area contributed by atoms with Crippen molar-refractivity contribution in [3.8, 4) is 0 Å². The van der Waals surface area contributed by atoms with Crippen molar-refractivity contribution in [1.82, 2.24) is 10.2 Å². The molecule has 0 spiro atoms. The van der Waals surface area contributed by atoms with Crippen LogP contribution >= 0.6 is 0 Å². The van der Waals surface area contributed by atoms with E-state index in [2.05, 4.69) is 10.6 Å². The lowest BCUT2D eigenvalue weighted by atomic mass is 9.99. The van der Waals surface area contributed by atoms with Gasteiger partial charge < -0.3 is 15.4 Å². The Hall–Kier alpha value is -3.35. The van der Waals surface area contributed by atoms with Gasteiger partial charge in [0.2, 0.25) is 11.8 Å². The van der Waals surface area contributed by atoms with Gasteiger partial charge in [-0.25, -0.2) is 4.79 Å². The summed E-state index contributed by atoms with van der Waals surface area (Å²) < 4.78 is 5.70. The first kappa shape index (κ1) is 23.3. The van der Waals surface area contributed by atoms with Crippen LogP contribution in [-0.2, 0) is 20.9 Å². The molecule has 1 aliphatic rings. The van der Waals surface area contributed by atoms with Gasteiger partial charge in [0, 0.05) is 18.7 Å². The maximum Gasteiger partial charge on any atom is 0.411 e. The second kappa shape index (κ2) is 10.3. The van der Waals surface area contributed by atoms with Crippen LogP contribution in [0.15, 0.2) is 48.5 Å². The molecule has 0 unspecified atom stereocenters. The summed E-state index contributed by atoms with van der Waals surface area (Å²) in [6.07, 6.45) is -0.963. The lowest BCUT2D eigenvalue weighted by molar-refractivity contribution is -0.126. The molecular weight excluding hydrogens is 406 g/mol. The van der Waals surface area contributed by atoms with Crippen LogP contribution in [0.3, 0.4) is 0 Å². The molecule has 1 saturated heterocycles. The molecule has 0 aliphatic carbocycles. The van der Waals surface area contributed by atoms with Crippen molar-refractivity contribution >= 4 is 23.6 Å². The molecule has 0 saturated carbocycles. The van der Waals surface area contributed by atoms with Crippen LogP contribution < -0.4 is 10.6 Å². The van der Waals surface area contributed by atoms with E-state index in [1.807, 2.05) is 45.0 Å². The summed E-state index contributed by atoms with van der Waals surface area (Å²) in [5.41, 5.74) is 3.29. The zero-order chi connectivity index (χ0) is 23.3. The van der Waals surface area contributed by atoms with Crippen LogP contribution in [0.4, 0.5) is 10.5 Å². The average molecular weight is 438 g/mol. The third-order valence-corrected chi connectivity index (χ3v) is 5.33. The SMILES string of the molecule is CCC(=O)Nc1cccc([C@H]2OC(=O)N(Cc3ccc(C)cc3)[C@@H]2C(=O)NCC(C)C)c1. The zero-order valence-electron chi connectivity index (χ0n) is 19.1. The molecule has 2 atom stereocenters. The number of hydrogen-bond acceptors (Lipinski definition) is 4. The molecule has 0 aromatic heterocycles. The van der Waals surface area contributed by atoms with E-state index in [0.717, 1.165) is 11.1 Å². The van der Waals surface area contributed by atoms with Gasteiger partial charge in [0.25, 0.3) is 0 Å². The Morgan fingerprint density at radius 1 is 1.12 bits per heavy atom. The lowest BCUT2D eigenvalue weighted by Crippen LogP contribution is -2.47. The summed E-state index contributed by atoms with van der Waals surface area (Å²) in [5, 5.41) is 5.76. The number of carbonyl (C=O) groups excluding carboxylic acids is 3. The summed E-state index contributed by atoms with van der Waals surface area (Å²) >= 11 is 0. The van der Waals surface area contributed by atoms with Gasteiger partial charge in [0.1, 0.15) is 0 Å². The highest BCUT2D eigenvalue weighted by molar-refractivity contribution is 5.91. The first-order valence-corrected chi connectivity index (χ1v) is 11.0. The summed E-state index contributed by atoms with van der Waals surface area (Å²) in [5.74, 6) is -0.101. The van der Waals surface area contributed by atoms with Crippen LogP contribution in [0.5, 0.6) is 0 Å². The fraction of sp³-hybridized carbons (Fsp3) is 0.400. The van der Waals surface area contributed by atoms with E-state index in [4.69, 9.17) is 4.74 Å². The number of rotatable bonds is 8. The fourth-order valence-electron chi connectivity index (χ4n) is 3.55. The van der Waals surface area contributed by atoms with Crippen molar-refractivity contribution in [2.24, 2.45) is 5.92 Å². The van der Waals surface area contributed by atoms with Crippen LogP contribution in [0.1, 0.15) is 50.0 Å². The molecule has 1 heterocycles. The molecule has 3 amide bonds. The van der Waals surface area contributed by atoms with Gasteiger partial charge in [-0.1, -0.05) is 62.7 Å². The number of nitrogens with zero attached hydrogens (tertiary/aromatic N) is 1. The Morgan fingerprint density at radius 2 is 1.84 bits per heavy atom. The maximum absolute atomic E-state index is 13.2. The Bertz CT molecular complexity index is 971. The summed E-state index contributed by atoms with van der Waals surface area (Å²) in [6, 6.07) is 14.1. The highest BCUT2D eigenvalue weighted by Crippen LogP contribution is 2.35. The van der Waals surface area contributed by atoms with Crippen molar-refractivity contribution in [2.75, 3.05) is 11.9 Å². The molecule has 0 bridgehead atoms. The number of nitrogens with one attached hydrogen (secondary N) is 2. The van der Waals surface area contributed by atoms with Crippen molar-refractivity contribution < 1.29 is 19.1 Å². The molecular formula is C25H31N3O4. The minimum Gasteiger partial charge on any atom is -0.438 e. The van der Waals surface area contributed by atoms with E-state index in [0.29, 0.717) is 24.2 Å². The number of hydrogen-bond donors (Lipinski definition) is 2. The Balaban J connectivity index is 1.90. The third kappa shape index (κ3) is 5.66. The first-order valence-electron chi connectivity index (χ1n) is 11.0. The molecule has 3 rings (SSSR count). The van der Waals surface area contributed by atoms with Gasteiger partial charge >= 0.3 is 6.09 Å². The number of ether oxygens (including phenoxy) is 1. The van der Waals surface area contributed by atoms with Crippen molar-refractivity contribution in [2.45, 2.75) is 52.8 Å². The molecule has 1 fully saturated rings. The Kier molecular flexibility index (Phi) is 7.51. The van der Waals surface area contributed by atoms with E-state index in [9.17, 15) is 14.4 Å². The van der Waals surface area contributed by atoms with Gasteiger partial charge in [0.15, 0.2) is 12.1 Å². The Morgan fingerprint density at radius 3 is 2.50 bits per heavy atom. The minimum absolute atomic E-state index is 0.113. The van der Waals surface area contributed by atoms with Gasteiger partial charge in [0.05, 0.1) is 6.54 Å². The molecule has 7 nitrogen and oxygen atoms in total. The molecule has 0 radical (unpaired) electrons. The van der Waals surface area contributed by atoms with Crippen molar-refractivity contribution in [1.29, 1.82) is 0 Å². The lowest BCUT2D eigenvalue weighted by Gasteiger charge is -2.25. The minimum atomic E-state index is -0.820. The van der Waals surface area contributed by atoms with Gasteiger partial charge in [-0.2, -0.15) is 0 Å². The molecule has 170 valence electrons. The number of amides is 3. The van der Waals surface area contributed by atoms with Crippen LogP contribution in [0.25, 0.3) is 0 Å². The largest absolute Gasteiger partial charge is 0.438 e. The van der Waals surface area contributed by atoms with E-state index >= 15 is 0 Å². The van der Waals surface area contributed by atoms with Crippen molar-refractivity contribution in [3.05, 3.63) is 65.2 Å². The monoisotopic (exact) mass is 437 g/mol. The number of aryl methyl sites for hydroxylation is 1. The fourth-order valence-corrected chi connectivity index (χ4v) is 3.55. The van der Waals surface area contributed by atoms with Crippen LogP contribution in [-0.4, -0.2) is 35.4 Å². The third-order valence-electron chi connectivity index (χ3n) is 5.33. The summed E-state index contributed by atoms with van der Waals surface area (Å²) in [6.45, 7) is 8.56. The van der Waals surface area contributed by atoms with E-state index in [1.54, 1.807) is 31.2 Å². The molecule has 7 heteroatoms. The maximum atomic E-state index is 13.2. The highest BCUT2D eigenvalue weighted by atomic mass is 16.6. The smallest absolute Gasteiger partial charge is 0.411 e. The number of cyclic esters (lactones) is 1. The zero-order valence-corrected chi connectivity index (χ0v) is 19.1. The topological polar surface area (TPSA) is 87.7 Å². The predicted octanol–water partition coefficient (Wildman–Crippen LogP) is 4.18. The quantitative estimate of drug-likeness (QED) is 0.649. The number of benzene rings is 2. The highest BCUT2D eigenvalue weighted by Gasteiger charge is 2.47. The molecule has 1 aliphatic heterocycles. The van der Waals surface area contributed by atoms with Gasteiger partial charge in [-0.05, 0) is 36.1 Å². The predicted molar refractivity (Wildman–Crippen MR) is 123 cm³/mol. The molecule has 2 aromatic rings. The van der Waals surface area contributed by atoms with Crippen molar-refractivity contribution in [3.63, 3.8) is 0 Å². The molecule has 2 N–H and O–H groups in total. The van der Waals surface area contributed by atoms with E-state index in [-0.39, 0.29) is 24.3 Å². The van der Waals surface area contributed by atoms with Gasteiger partial charge in [-0.3, -0.25) is 14.5 Å². The van der Waals surface area contributed by atoms with Gasteiger partial charge in [-0.15, -0.1) is 0 Å². The van der Waals surface area contributed by atoms with E-state index in [1.165, 1.54) is 4.90 Å². The number of anilines is 1. The van der Waals surface area contributed by atoms with Crippen LogP contribution in [0, 0.1) is 12.8 Å². The molecule has 32 heavy (non-hydrogen) atoms.